The Balaban J connectivity index is 1.87. The summed E-state index contributed by atoms with van der Waals surface area (Å²) in [6, 6.07) is 16.5. The molecule has 0 bridgehead atoms. The molecule has 0 aliphatic rings. The molecule has 0 saturated carbocycles. The van der Waals surface area contributed by atoms with Gasteiger partial charge in [0.1, 0.15) is 5.82 Å². The standard InChI is InChI=1S/C14H13FO/c15-14-9-5-4-8-13(14)11-16-10-12-6-2-1-3-7-12/h1-9H,10-11H2. The minimum absolute atomic E-state index is 0.212. The Labute approximate surface area is 94.5 Å². The van der Waals surface area contributed by atoms with E-state index in [2.05, 4.69) is 0 Å². The highest BCUT2D eigenvalue weighted by Crippen LogP contribution is 2.09. The SMILES string of the molecule is Fc1ccccc1COCc1ccccc1. The molecule has 0 atom stereocenters. The maximum absolute atomic E-state index is 13.2. The third kappa shape index (κ3) is 2.91. The summed E-state index contributed by atoms with van der Waals surface area (Å²) in [4.78, 5) is 0. The largest absolute Gasteiger partial charge is 0.372 e. The van der Waals surface area contributed by atoms with Crippen LogP contribution in [0.25, 0.3) is 0 Å². The third-order valence-corrected chi connectivity index (χ3v) is 2.33. The fourth-order valence-electron chi connectivity index (χ4n) is 1.47. The van der Waals surface area contributed by atoms with Crippen LogP contribution in [0.2, 0.25) is 0 Å². The molecule has 0 spiro atoms. The zero-order valence-corrected chi connectivity index (χ0v) is 8.90. The topological polar surface area (TPSA) is 9.23 Å². The second-order valence-electron chi connectivity index (χ2n) is 3.57. The first-order valence-corrected chi connectivity index (χ1v) is 5.21. The molecule has 0 fully saturated rings. The summed E-state index contributed by atoms with van der Waals surface area (Å²) in [6.45, 7) is 0.816. The normalized spacial score (nSPS) is 10.3. The molecule has 0 N–H and O–H groups in total. The zero-order chi connectivity index (χ0) is 11.2. The van der Waals surface area contributed by atoms with Gasteiger partial charge in [-0.15, -0.1) is 0 Å². The molecule has 2 aromatic rings. The monoisotopic (exact) mass is 216 g/mol. The summed E-state index contributed by atoms with van der Waals surface area (Å²) >= 11 is 0. The summed E-state index contributed by atoms with van der Waals surface area (Å²) in [6.07, 6.45) is 0. The lowest BCUT2D eigenvalue weighted by Crippen LogP contribution is -1.96. The van der Waals surface area contributed by atoms with Crippen LogP contribution in [0.1, 0.15) is 11.1 Å². The zero-order valence-electron chi connectivity index (χ0n) is 8.90. The predicted octanol–water partition coefficient (Wildman–Crippen LogP) is 3.54. The Hall–Kier alpha value is -1.67. The Morgan fingerprint density at radius 1 is 0.812 bits per heavy atom. The summed E-state index contributed by atoms with van der Waals surface area (Å²) in [5, 5.41) is 0. The van der Waals surface area contributed by atoms with Crippen LogP contribution in [0, 0.1) is 5.82 Å². The van der Waals surface area contributed by atoms with Crippen molar-refractivity contribution in [2.24, 2.45) is 0 Å². The van der Waals surface area contributed by atoms with Crippen molar-refractivity contribution in [3.05, 3.63) is 71.5 Å². The third-order valence-electron chi connectivity index (χ3n) is 2.33. The minimum Gasteiger partial charge on any atom is -0.372 e. The van der Waals surface area contributed by atoms with Crippen LogP contribution in [0.3, 0.4) is 0 Å². The molecule has 0 saturated heterocycles. The number of rotatable bonds is 4. The van der Waals surface area contributed by atoms with Gasteiger partial charge in [0.2, 0.25) is 0 Å². The molecule has 1 nitrogen and oxygen atoms in total. The van der Waals surface area contributed by atoms with E-state index in [9.17, 15) is 4.39 Å². The Morgan fingerprint density at radius 2 is 1.50 bits per heavy atom. The second kappa shape index (κ2) is 5.42. The van der Waals surface area contributed by atoms with Gasteiger partial charge in [0, 0.05) is 5.56 Å². The molecule has 0 aromatic heterocycles. The van der Waals surface area contributed by atoms with Crippen molar-refractivity contribution < 1.29 is 9.13 Å². The van der Waals surface area contributed by atoms with Crippen LogP contribution in [0.4, 0.5) is 4.39 Å². The number of hydrogen-bond donors (Lipinski definition) is 0. The number of ether oxygens (including phenoxy) is 1. The average Bonchev–Trinajstić information content (AvgIpc) is 2.33. The summed E-state index contributed by atoms with van der Waals surface area (Å²) in [7, 11) is 0. The number of benzene rings is 2. The van der Waals surface area contributed by atoms with Gasteiger partial charge in [-0.25, -0.2) is 4.39 Å². The second-order valence-corrected chi connectivity index (χ2v) is 3.57. The van der Waals surface area contributed by atoms with Crippen molar-refractivity contribution in [3.63, 3.8) is 0 Å². The summed E-state index contributed by atoms with van der Waals surface area (Å²) in [5.74, 6) is -0.212. The highest BCUT2D eigenvalue weighted by atomic mass is 19.1. The number of halogens is 1. The molecular weight excluding hydrogens is 203 g/mol. The maximum atomic E-state index is 13.2. The summed E-state index contributed by atoms with van der Waals surface area (Å²) < 4.78 is 18.7. The lowest BCUT2D eigenvalue weighted by molar-refractivity contribution is 0.105. The van der Waals surface area contributed by atoms with Crippen LogP contribution < -0.4 is 0 Å². The smallest absolute Gasteiger partial charge is 0.128 e. The Morgan fingerprint density at radius 3 is 2.25 bits per heavy atom. The first kappa shape index (κ1) is 10.8. The predicted molar refractivity (Wildman–Crippen MR) is 61.3 cm³/mol. The lowest BCUT2D eigenvalue weighted by Gasteiger charge is -2.05. The van der Waals surface area contributed by atoms with Gasteiger partial charge in [0.05, 0.1) is 13.2 Å². The van der Waals surface area contributed by atoms with Gasteiger partial charge in [-0.3, -0.25) is 0 Å². The highest BCUT2D eigenvalue weighted by molar-refractivity contribution is 5.17. The maximum Gasteiger partial charge on any atom is 0.128 e. The molecule has 2 rings (SSSR count). The van der Waals surface area contributed by atoms with Crippen molar-refractivity contribution in [3.8, 4) is 0 Å². The molecule has 82 valence electrons. The van der Waals surface area contributed by atoms with E-state index >= 15 is 0 Å². The lowest BCUT2D eigenvalue weighted by atomic mass is 10.2. The Bertz CT molecular complexity index is 439. The van der Waals surface area contributed by atoms with E-state index in [1.807, 2.05) is 36.4 Å². The van der Waals surface area contributed by atoms with Gasteiger partial charge >= 0.3 is 0 Å². The molecule has 16 heavy (non-hydrogen) atoms. The van der Waals surface area contributed by atoms with E-state index in [4.69, 9.17) is 4.74 Å². The first-order chi connectivity index (χ1) is 7.86. The van der Waals surface area contributed by atoms with Gasteiger partial charge in [0.25, 0.3) is 0 Å². The van der Waals surface area contributed by atoms with Crippen molar-refractivity contribution in [2.45, 2.75) is 13.2 Å². The van der Waals surface area contributed by atoms with Gasteiger partial charge in [0.15, 0.2) is 0 Å². The molecule has 0 heterocycles. The molecule has 2 heteroatoms. The van der Waals surface area contributed by atoms with Crippen molar-refractivity contribution in [1.29, 1.82) is 0 Å². The van der Waals surface area contributed by atoms with E-state index in [-0.39, 0.29) is 5.82 Å². The molecule has 0 amide bonds. The van der Waals surface area contributed by atoms with E-state index in [0.29, 0.717) is 18.8 Å². The van der Waals surface area contributed by atoms with E-state index in [1.165, 1.54) is 6.07 Å². The molecule has 0 radical (unpaired) electrons. The van der Waals surface area contributed by atoms with Crippen LogP contribution in [-0.2, 0) is 18.0 Å². The van der Waals surface area contributed by atoms with E-state index in [1.54, 1.807) is 12.1 Å². The minimum atomic E-state index is -0.212. The average molecular weight is 216 g/mol. The Kier molecular flexibility index (Phi) is 3.67. The molecular formula is C14H13FO. The van der Waals surface area contributed by atoms with Crippen molar-refractivity contribution >= 4 is 0 Å². The van der Waals surface area contributed by atoms with E-state index in [0.717, 1.165) is 5.56 Å². The number of hydrogen-bond acceptors (Lipinski definition) is 1. The van der Waals surface area contributed by atoms with Crippen LogP contribution in [-0.4, -0.2) is 0 Å². The fraction of sp³-hybridized carbons (Fsp3) is 0.143. The van der Waals surface area contributed by atoms with Crippen molar-refractivity contribution in [1.82, 2.24) is 0 Å². The van der Waals surface area contributed by atoms with Gasteiger partial charge < -0.3 is 4.74 Å². The quantitative estimate of drug-likeness (QED) is 0.759. The van der Waals surface area contributed by atoms with Crippen LogP contribution in [0.5, 0.6) is 0 Å². The molecule has 0 aliphatic heterocycles. The van der Waals surface area contributed by atoms with E-state index < -0.39 is 0 Å². The fourth-order valence-corrected chi connectivity index (χ4v) is 1.47. The van der Waals surface area contributed by atoms with Crippen LogP contribution in [0.15, 0.2) is 54.6 Å². The first-order valence-electron chi connectivity index (χ1n) is 5.21. The van der Waals surface area contributed by atoms with Gasteiger partial charge in [-0.1, -0.05) is 48.5 Å². The summed E-state index contributed by atoms with van der Waals surface area (Å²) in [5.41, 5.74) is 1.69. The van der Waals surface area contributed by atoms with Crippen molar-refractivity contribution in [2.75, 3.05) is 0 Å². The highest BCUT2D eigenvalue weighted by Gasteiger charge is 2.00. The van der Waals surface area contributed by atoms with Gasteiger partial charge in [-0.05, 0) is 11.6 Å². The molecule has 2 aromatic carbocycles. The van der Waals surface area contributed by atoms with Crippen LogP contribution >= 0.6 is 0 Å². The molecule has 0 unspecified atom stereocenters. The molecule has 0 aliphatic carbocycles. The van der Waals surface area contributed by atoms with Gasteiger partial charge in [-0.2, -0.15) is 0 Å².